The van der Waals surface area contributed by atoms with Gasteiger partial charge in [0.25, 0.3) is 6.47 Å². The van der Waals surface area contributed by atoms with Crippen LogP contribution in [0.3, 0.4) is 0 Å². The molecular weight excluding hydrogens is 331 g/mol. The minimum absolute atomic E-state index is 0.0447. The van der Waals surface area contributed by atoms with Gasteiger partial charge in [-0.1, -0.05) is 0 Å². The van der Waals surface area contributed by atoms with Gasteiger partial charge in [0.05, 0.1) is 0 Å². The van der Waals surface area contributed by atoms with Crippen LogP contribution in [0.25, 0.3) is 11.3 Å². The monoisotopic (exact) mass is 350 g/mol. The fourth-order valence-electron chi connectivity index (χ4n) is 3.81. The van der Waals surface area contributed by atoms with Crippen molar-refractivity contribution in [3.63, 3.8) is 0 Å². The van der Waals surface area contributed by atoms with Crippen LogP contribution in [0.1, 0.15) is 29.2 Å². The second kappa shape index (κ2) is 7.12. The zero-order chi connectivity index (χ0) is 17.9. The predicted molar refractivity (Wildman–Crippen MR) is 96.2 cm³/mol. The number of hydrogen-bond acceptors (Lipinski definition) is 3. The molecule has 4 nitrogen and oxygen atoms in total. The lowest BCUT2D eigenvalue weighted by Crippen LogP contribution is -2.10. The molecule has 1 unspecified atom stereocenters. The van der Waals surface area contributed by atoms with Crippen LogP contribution < -0.4 is 0 Å². The summed E-state index contributed by atoms with van der Waals surface area (Å²) < 4.78 is 20.7. The molecular formula is C21H19FN2O2. The third-order valence-corrected chi connectivity index (χ3v) is 4.99. The smallest absolute Gasteiger partial charge is 0.293 e. The molecule has 0 saturated carbocycles. The maximum atomic E-state index is 13.3. The molecule has 2 aromatic heterocycles. The van der Waals surface area contributed by atoms with Crippen molar-refractivity contribution in [3.05, 3.63) is 77.5 Å². The molecule has 0 radical (unpaired) electrons. The lowest BCUT2D eigenvalue weighted by molar-refractivity contribution is -0.128. The van der Waals surface area contributed by atoms with Crippen LogP contribution in [0.4, 0.5) is 4.39 Å². The van der Waals surface area contributed by atoms with Crippen LogP contribution in [-0.2, 0) is 22.5 Å². The van der Waals surface area contributed by atoms with Gasteiger partial charge < -0.3 is 9.30 Å². The molecule has 132 valence electrons. The fourth-order valence-corrected chi connectivity index (χ4v) is 3.81. The highest BCUT2D eigenvalue weighted by Gasteiger charge is 2.26. The van der Waals surface area contributed by atoms with Crippen molar-refractivity contribution in [2.75, 3.05) is 6.61 Å². The third kappa shape index (κ3) is 3.01. The van der Waals surface area contributed by atoms with E-state index in [1.807, 2.05) is 24.3 Å². The second-order valence-electron chi connectivity index (χ2n) is 6.46. The van der Waals surface area contributed by atoms with E-state index >= 15 is 0 Å². The highest BCUT2D eigenvalue weighted by molar-refractivity contribution is 5.64. The van der Waals surface area contributed by atoms with E-state index in [-0.39, 0.29) is 18.3 Å². The van der Waals surface area contributed by atoms with E-state index in [1.54, 1.807) is 12.4 Å². The first-order valence-electron chi connectivity index (χ1n) is 8.71. The summed E-state index contributed by atoms with van der Waals surface area (Å²) >= 11 is 0. The molecule has 0 fully saturated rings. The van der Waals surface area contributed by atoms with Crippen molar-refractivity contribution >= 4 is 6.47 Å². The maximum Gasteiger partial charge on any atom is 0.293 e. The Bertz CT molecular complexity index is 904. The van der Waals surface area contributed by atoms with Crippen LogP contribution in [0.2, 0.25) is 0 Å². The Kier molecular flexibility index (Phi) is 4.52. The van der Waals surface area contributed by atoms with Crippen molar-refractivity contribution in [1.29, 1.82) is 0 Å². The van der Waals surface area contributed by atoms with Gasteiger partial charge in [-0.15, -0.1) is 0 Å². The van der Waals surface area contributed by atoms with E-state index in [2.05, 4.69) is 15.6 Å². The van der Waals surface area contributed by atoms with Gasteiger partial charge in [0.15, 0.2) is 0 Å². The fraction of sp³-hybridized carbons (Fsp3) is 0.238. The number of benzene rings is 1. The first kappa shape index (κ1) is 16.5. The molecule has 3 aromatic rings. The average Bonchev–Trinajstić information content (AvgIpc) is 3.27. The van der Waals surface area contributed by atoms with Gasteiger partial charge in [-0.05, 0) is 72.0 Å². The van der Waals surface area contributed by atoms with E-state index in [9.17, 15) is 9.18 Å². The summed E-state index contributed by atoms with van der Waals surface area (Å²) in [4.78, 5) is 14.9. The number of fused-ring (bicyclic) bond motifs is 1. The average molecular weight is 350 g/mol. The van der Waals surface area contributed by atoms with Crippen molar-refractivity contribution in [2.45, 2.75) is 25.3 Å². The second-order valence-corrected chi connectivity index (χ2v) is 6.46. The normalized spacial score (nSPS) is 14.0. The van der Waals surface area contributed by atoms with Crippen LogP contribution in [0, 0.1) is 5.82 Å². The first-order valence-corrected chi connectivity index (χ1v) is 8.71. The number of halogens is 1. The summed E-state index contributed by atoms with van der Waals surface area (Å²) in [7, 11) is 0. The standard InChI is InChI=1S/C21H19FN2O2/c22-17-5-3-16(4-6-17)21-12-18(20-2-1-11-24(20)21)19(13-26-14-25)15-7-9-23-10-8-15/h3-10,12,14,19H,1-2,11,13H2. The van der Waals surface area contributed by atoms with Gasteiger partial charge in [-0.2, -0.15) is 0 Å². The lowest BCUT2D eigenvalue weighted by atomic mass is 9.91. The molecule has 0 N–H and O–H groups in total. The number of nitrogens with zero attached hydrogens (tertiary/aromatic N) is 2. The Morgan fingerprint density at radius 2 is 1.96 bits per heavy atom. The van der Waals surface area contributed by atoms with Gasteiger partial charge in [0.2, 0.25) is 0 Å². The summed E-state index contributed by atoms with van der Waals surface area (Å²) in [5.41, 5.74) is 5.56. The van der Waals surface area contributed by atoms with E-state index in [0.29, 0.717) is 6.47 Å². The number of rotatable bonds is 6. The van der Waals surface area contributed by atoms with Gasteiger partial charge in [-0.3, -0.25) is 9.78 Å². The molecule has 1 atom stereocenters. The van der Waals surface area contributed by atoms with E-state index in [1.165, 1.54) is 17.8 Å². The molecule has 1 aliphatic heterocycles. The number of hydrogen-bond donors (Lipinski definition) is 0. The van der Waals surface area contributed by atoms with E-state index < -0.39 is 0 Å². The zero-order valence-electron chi connectivity index (χ0n) is 14.3. The van der Waals surface area contributed by atoms with Crippen molar-refractivity contribution in [1.82, 2.24) is 9.55 Å². The zero-order valence-corrected chi connectivity index (χ0v) is 14.3. The largest absolute Gasteiger partial charge is 0.467 e. The predicted octanol–water partition coefficient (Wildman–Crippen LogP) is 3.94. The Morgan fingerprint density at radius 1 is 1.19 bits per heavy atom. The van der Waals surface area contributed by atoms with Crippen LogP contribution in [-0.4, -0.2) is 22.6 Å². The number of carbonyl (C=O) groups is 1. The molecule has 5 heteroatoms. The minimum atomic E-state index is -0.240. The van der Waals surface area contributed by atoms with Crippen LogP contribution in [0.5, 0.6) is 0 Å². The summed E-state index contributed by atoms with van der Waals surface area (Å²) in [6.45, 7) is 1.72. The Labute approximate surface area is 151 Å². The Morgan fingerprint density at radius 3 is 2.69 bits per heavy atom. The summed E-state index contributed by atoms with van der Waals surface area (Å²) in [6.07, 6.45) is 5.56. The van der Waals surface area contributed by atoms with Crippen molar-refractivity contribution < 1.29 is 13.9 Å². The Balaban J connectivity index is 1.81. The quantitative estimate of drug-likeness (QED) is 0.633. The topological polar surface area (TPSA) is 44.1 Å². The minimum Gasteiger partial charge on any atom is -0.467 e. The molecule has 3 heterocycles. The van der Waals surface area contributed by atoms with Crippen LogP contribution in [0.15, 0.2) is 54.9 Å². The number of ether oxygens (including phenoxy) is 1. The molecule has 0 aliphatic carbocycles. The highest BCUT2D eigenvalue weighted by Crippen LogP contribution is 2.37. The molecule has 1 aliphatic rings. The third-order valence-electron chi connectivity index (χ3n) is 4.99. The molecule has 1 aromatic carbocycles. The number of carbonyl (C=O) groups excluding carboxylic acids is 1. The highest BCUT2D eigenvalue weighted by atomic mass is 19.1. The molecule has 0 spiro atoms. The first-order chi connectivity index (χ1) is 12.8. The molecule has 4 rings (SSSR count). The van der Waals surface area contributed by atoms with Crippen LogP contribution >= 0.6 is 0 Å². The summed E-state index contributed by atoms with van der Waals surface area (Å²) in [5, 5.41) is 0. The van der Waals surface area contributed by atoms with Gasteiger partial charge in [0, 0.05) is 36.2 Å². The Hall–Kier alpha value is -2.95. The molecule has 0 saturated heterocycles. The molecule has 26 heavy (non-hydrogen) atoms. The van der Waals surface area contributed by atoms with Gasteiger partial charge in [0.1, 0.15) is 12.4 Å². The van der Waals surface area contributed by atoms with Gasteiger partial charge in [-0.25, -0.2) is 4.39 Å². The molecule has 0 amide bonds. The van der Waals surface area contributed by atoms with E-state index in [0.717, 1.165) is 41.8 Å². The van der Waals surface area contributed by atoms with Crippen molar-refractivity contribution in [3.8, 4) is 11.3 Å². The van der Waals surface area contributed by atoms with Crippen molar-refractivity contribution in [2.24, 2.45) is 0 Å². The van der Waals surface area contributed by atoms with Gasteiger partial charge >= 0.3 is 0 Å². The maximum absolute atomic E-state index is 13.3. The molecule has 0 bridgehead atoms. The lowest BCUT2D eigenvalue weighted by Gasteiger charge is -2.16. The number of aromatic nitrogens is 2. The SMILES string of the molecule is O=COCC(c1ccncc1)c1cc(-c2ccc(F)cc2)n2c1CCC2. The summed E-state index contributed by atoms with van der Waals surface area (Å²) in [6, 6.07) is 12.7. The summed E-state index contributed by atoms with van der Waals surface area (Å²) in [5.74, 6) is -0.284. The van der Waals surface area contributed by atoms with E-state index in [4.69, 9.17) is 4.74 Å². The number of pyridine rings is 1.